The molecule has 0 aliphatic carbocycles. The van der Waals surface area contributed by atoms with Gasteiger partial charge in [0, 0.05) is 49.5 Å². The standard InChI is InChI=1S/C21H26N6O3/c1-14(11-21(2)19(29)24-20(30)25-21)18(28)27-8-6-26(7-9-27)17-5-3-4-15(10-17)16-12-22-23-13-16/h3-5,10,12-14H,6-9,11H2,1-2H3,(H,22,23)(H2,24,25,29,30). The lowest BCUT2D eigenvalue weighted by Gasteiger charge is -2.38. The summed E-state index contributed by atoms with van der Waals surface area (Å²) >= 11 is 0. The second kappa shape index (κ2) is 7.81. The van der Waals surface area contributed by atoms with Crippen LogP contribution in [0.4, 0.5) is 10.5 Å². The van der Waals surface area contributed by atoms with Crippen LogP contribution in [0.15, 0.2) is 36.7 Å². The van der Waals surface area contributed by atoms with Crippen molar-refractivity contribution in [2.24, 2.45) is 5.92 Å². The van der Waals surface area contributed by atoms with Crippen molar-refractivity contribution in [3.05, 3.63) is 36.7 Å². The minimum Gasteiger partial charge on any atom is -0.368 e. The average molecular weight is 410 g/mol. The van der Waals surface area contributed by atoms with Gasteiger partial charge in [-0.05, 0) is 31.0 Å². The Morgan fingerprint density at radius 3 is 2.60 bits per heavy atom. The molecular formula is C21H26N6O3. The Morgan fingerprint density at radius 2 is 1.97 bits per heavy atom. The molecule has 3 N–H and O–H groups in total. The summed E-state index contributed by atoms with van der Waals surface area (Å²) in [5.74, 6) is -0.735. The van der Waals surface area contributed by atoms with Crippen LogP contribution >= 0.6 is 0 Å². The molecule has 30 heavy (non-hydrogen) atoms. The van der Waals surface area contributed by atoms with Crippen LogP contribution in [0, 0.1) is 5.92 Å². The lowest BCUT2D eigenvalue weighted by molar-refractivity contribution is -0.136. The van der Waals surface area contributed by atoms with Crippen LogP contribution in [0.25, 0.3) is 11.1 Å². The number of nitrogens with zero attached hydrogens (tertiary/aromatic N) is 3. The number of nitrogens with one attached hydrogen (secondary N) is 3. The van der Waals surface area contributed by atoms with E-state index >= 15 is 0 Å². The van der Waals surface area contributed by atoms with E-state index in [4.69, 9.17) is 0 Å². The van der Waals surface area contributed by atoms with Crippen molar-refractivity contribution in [2.45, 2.75) is 25.8 Å². The molecule has 158 valence electrons. The fourth-order valence-electron chi connectivity index (χ4n) is 4.21. The first-order chi connectivity index (χ1) is 14.4. The lowest BCUT2D eigenvalue weighted by atomic mass is 9.89. The molecule has 1 aromatic carbocycles. The minimum atomic E-state index is -1.04. The predicted molar refractivity (Wildman–Crippen MR) is 112 cm³/mol. The maximum Gasteiger partial charge on any atom is 0.322 e. The van der Waals surface area contributed by atoms with Gasteiger partial charge in [0.1, 0.15) is 5.54 Å². The third kappa shape index (κ3) is 3.87. The summed E-state index contributed by atoms with van der Waals surface area (Å²) in [7, 11) is 0. The van der Waals surface area contributed by atoms with Gasteiger partial charge in [-0.2, -0.15) is 5.10 Å². The van der Waals surface area contributed by atoms with E-state index in [1.54, 1.807) is 13.1 Å². The molecule has 2 saturated heterocycles. The van der Waals surface area contributed by atoms with Gasteiger partial charge in [-0.25, -0.2) is 4.79 Å². The molecule has 2 aliphatic rings. The van der Waals surface area contributed by atoms with Gasteiger partial charge in [0.25, 0.3) is 5.91 Å². The predicted octanol–water partition coefficient (Wildman–Crippen LogP) is 1.35. The number of anilines is 1. The lowest BCUT2D eigenvalue weighted by Crippen LogP contribution is -2.52. The number of hydrogen-bond donors (Lipinski definition) is 3. The molecule has 2 atom stereocenters. The van der Waals surface area contributed by atoms with Crippen LogP contribution in [0.1, 0.15) is 20.3 Å². The Balaban J connectivity index is 1.35. The van der Waals surface area contributed by atoms with E-state index in [1.807, 2.05) is 30.2 Å². The van der Waals surface area contributed by atoms with Gasteiger partial charge in [-0.15, -0.1) is 0 Å². The normalized spacial score (nSPS) is 22.6. The Kier molecular flexibility index (Phi) is 5.19. The second-order valence-electron chi connectivity index (χ2n) is 8.20. The number of benzene rings is 1. The van der Waals surface area contributed by atoms with E-state index < -0.39 is 11.6 Å². The first kappa shape index (κ1) is 19.9. The molecule has 0 saturated carbocycles. The maximum atomic E-state index is 12.9. The van der Waals surface area contributed by atoms with Gasteiger partial charge >= 0.3 is 6.03 Å². The van der Waals surface area contributed by atoms with Crippen LogP contribution in [0.2, 0.25) is 0 Å². The van der Waals surface area contributed by atoms with Gasteiger partial charge in [0.05, 0.1) is 6.20 Å². The summed E-state index contributed by atoms with van der Waals surface area (Å²) in [5, 5.41) is 11.7. The zero-order valence-corrected chi connectivity index (χ0v) is 17.1. The van der Waals surface area contributed by atoms with Crippen molar-refractivity contribution in [3.63, 3.8) is 0 Å². The van der Waals surface area contributed by atoms with Crippen molar-refractivity contribution in [2.75, 3.05) is 31.1 Å². The second-order valence-corrected chi connectivity index (χ2v) is 8.20. The first-order valence-electron chi connectivity index (χ1n) is 10.1. The average Bonchev–Trinajstić information content (AvgIpc) is 3.36. The highest BCUT2D eigenvalue weighted by Gasteiger charge is 2.44. The Bertz CT molecular complexity index is 951. The number of H-pyrrole nitrogens is 1. The highest BCUT2D eigenvalue weighted by atomic mass is 16.2. The van der Waals surface area contributed by atoms with Gasteiger partial charge in [0.2, 0.25) is 5.91 Å². The molecule has 0 radical (unpaired) electrons. The van der Waals surface area contributed by atoms with Gasteiger partial charge in [-0.1, -0.05) is 19.1 Å². The Labute approximate surface area is 174 Å². The van der Waals surface area contributed by atoms with Crippen molar-refractivity contribution in [1.82, 2.24) is 25.7 Å². The van der Waals surface area contributed by atoms with E-state index in [-0.39, 0.29) is 24.2 Å². The summed E-state index contributed by atoms with van der Waals surface area (Å²) in [4.78, 5) is 40.5. The smallest absolute Gasteiger partial charge is 0.322 e. The molecular weight excluding hydrogens is 384 g/mol. The summed E-state index contributed by atoms with van der Waals surface area (Å²) in [6.45, 7) is 6.18. The third-order valence-corrected chi connectivity index (χ3v) is 5.89. The Morgan fingerprint density at radius 1 is 1.20 bits per heavy atom. The van der Waals surface area contributed by atoms with Gasteiger partial charge in [0.15, 0.2) is 0 Å². The molecule has 0 spiro atoms. The van der Waals surface area contributed by atoms with Crippen molar-refractivity contribution in [3.8, 4) is 11.1 Å². The van der Waals surface area contributed by atoms with Gasteiger partial charge < -0.3 is 15.1 Å². The van der Waals surface area contributed by atoms with Gasteiger partial charge in [-0.3, -0.25) is 20.0 Å². The molecule has 4 amide bonds. The number of piperazine rings is 1. The van der Waals surface area contributed by atoms with E-state index in [9.17, 15) is 14.4 Å². The summed E-state index contributed by atoms with van der Waals surface area (Å²) in [5.41, 5.74) is 2.21. The summed E-state index contributed by atoms with van der Waals surface area (Å²) in [6, 6.07) is 7.78. The number of aromatic nitrogens is 2. The molecule has 9 nitrogen and oxygen atoms in total. The summed E-state index contributed by atoms with van der Waals surface area (Å²) in [6.07, 6.45) is 3.94. The zero-order chi connectivity index (χ0) is 21.3. The van der Waals surface area contributed by atoms with Crippen molar-refractivity contribution in [1.29, 1.82) is 0 Å². The number of carbonyl (C=O) groups is 3. The molecule has 1 aromatic heterocycles. The highest BCUT2D eigenvalue weighted by Crippen LogP contribution is 2.26. The quantitative estimate of drug-likeness (QED) is 0.645. The number of carbonyl (C=O) groups excluding carboxylic acids is 3. The molecule has 2 aromatic rings. The molecule has 4 rings (SSSR count). The van der Waals surface area contributed by atoms with Crippen molar-refractivity contribution >= 4 is 23.5 Å². The largest absolute Gasteiger partial charge is 0.368 e. The third-order valence-electron chi connectivity index (χ3n) is 5.89. The highest BCUT2D eigenvalue weighted by molar-refractivity contribution is 6.07. The maximum absolute atomic E-state index is 12.9. The number of aromatic amines is 1. The van der Waals surface area contributed by atoms with Crippen LogP contribution in [0.5, 0.6) is 0 Å². The van der Waals surface area contributed by atoms with E-state index in [0.717, 1.165) is 29.9 Å². The monoisotopic (exact) mass is 410 g/mol. The number of hydrogen-bond acceptors (Lipinski definition) is 5. The number of amides is 4. The van der Waals surface area contributed by atoms with Crippen LogP contribution < -0.4 is 15.5 Å². The Hall–Kier alpha value is -3.36. The first-order valence-corrected chi connectivity index (χ1v) is 10.1. The SMILES string of the molecule is CC(CC1(C)NC(=O)NC1=O)C(=O)N1CCN(c2cccc(-c3cn[nH]c3)c2)CC1. The minimum absolute atomic E-state index is 0.0111. The molecule has 9 heteroatoms. The van der Waals surface area contributed by atoms with Crippen LogP contribution in [-0.2, 0) is 9.59 Å². The fraction of sp³-hybridized carbons (Fsp3) is 0.429. The fourth-order valence-corrected chi connectivity index (χ4v) is 4.21. The van der Waals surface area contributed by atoms with Crippen LogP contribution in [-0.4, -0.2) is 64.7 Å². The van der Waals surface area contributed by atoms with Crippen molar-refractivity contribution < 1.29 is 14.4 Å². The topological polar surface area (TPSA) is 110 Å². The number of rotatable bonds is 5. The molecule has 2 aliphatic heterocycles. The number of urea groups is 1. The molecule has 3 heterocycles. The molecule has 2 fully saturated rings. The van der Waals surface area contributed by atoms with E-state index in [1.165, 1.54) is 0 Å². The zero-order valence-electron chi connectivity index (χ0n) is 17.1. The van der Waals surface area contributed by atoms with Crippen LogP contribution in [0.3, 0.4) is 0 Å². The number of imide groups is 1. The van der Waals surface area contributed by atoms with E-state index in [2.05, 4.69) is 37.9 Å². The summed E-state index contributed by atoms with van der Waals surface area (Å²) < 4.78 is 0. The molecule has 2 unspecified atom stereocenters. The van der Waals surface area contributed by atoms with E-state index in [0.29, 0.717) is 13.1 Å². The molecule has 0 bridgehead atoms.